The van der Waals surface area contributed by atoms with Gasteiger partial charge in [0.25, 0.3) is 0 Å². The van der Waals surface area contributed by atoms with E-state index in [-0.39, 0.29) is 5.97 Å². The second-order valence-corrected chi connectivity index (χ2v) is 5.55. The fraction of sp³-hybridized carbons (Fsp3) is 0.533. The van der Waals surface area contributed by atoms with E-state index in [4.69, 9.17) is 10.5 Å². The first kappa shape index (κ1) is 13.9. The number of nitrogens with two attached hydrogens (primary N) is 1. The maximum absolute atomic E-state index is 11.8. The highest BCUT2D eigenvalue weighted by atomic mass is 16.5. The van der Waals surface area contributed by atoms with Crippen molar-refractivity contribution in [1.82, 2.24) is 0 Å². The van der Waals surface area contributed by atoms with Gasteiger partial charge in [-0.3, -0.25) is 4.79 Å². The van der Waals surface area contributed by atoms with Gasteiger partial charge in [0.1, 0.15) is 5.54 Å². The van der Waals surface area contributed by atoms with Gasteiger partial charge in [0, 0.05) is 18.3 Å². The molecule has 104 valence electrons. The molecule has 0 amide bonds. The average molecular weight is 262 g/mol. The second kappa shape index (κ2) is 5.21. The van der Waals surface area contributed by atoms with Crippen LogP contribution in [0.5, 0.6) is 0 Å². The Kier molecular flexibility index (Phi) is 3.80. The molecule has 0 spiro atoms. The average Bonchev–Trinajstić information content (AvgIpc) is 2.41. The van der Waals surface area contributed by atoms with Gasteiger partial charge in [0.15, 0.2) is 0 Å². The third kappa shape index (κ3) is 2.73. The summed E-state index contributed by atoms with van der Waals surface area (Å²) < 4.78 is 4.79. The van der Waals surface area contributed by atoms with Gasteiger partial charge in [-0.1, -0.05) is 18.2 Å². The summed E-state index contributed by atoms with van der Waals surface area (Å²) in [4.78, 5) is 14.0. The van der Waals surface area contributed by atoms with E-state index in [2.05, 4.69) is 30.0 Å². The Balaban J connectivity index is 2.27. The van der Waals surface area contributed by atoms with Crippen LogP contribution < -0.4 is 10.6 Å². The van der Waals surface area contributed by atoms with Crippen LogP contribution in [0, 0.1) is 0 Å². The molecule has 0 aromatic heterocycles. The summed E-state index contributed by atoms with van der Waals surface area (Å²) in [5.74, 6) is -0.372. The molecule has 1 aromatic rings. The number of hydrogen-bond donors (Lipinski definition) is 1. The Labute approximate surface area is 114 Å². The van der Waals surface area contributed by atoms with E-state index in [0.717, 1.165) is 12.8 Å². The molecular formula is C15H22N2O2. The molecule has 2 unspecified atom stereocenters. The summed E-state index contributed by atoms with van der Waals surface area (Å²) in [5.41, 5.74) is 7.62. The lowest BCUT2D eigenvalue weighted by atomic mass is 9.93. The van der Waals surface area contributed by atoms with Crippen LogP contribution in [0.4, 0.5) is 5.69 Å². The monoisotopic (exact) mass is 262 g/mol. The van der Waals surface area contributed by atoms with E-state index in [1.54, 1.807) is 6.92 Å². The first-order chi connectivity index (χ1) is 8.95. The first-order valence-corrected chi connectivity index (χ1v) is 6.67. The van der Waals surface area contributed by atoms with Gasteiger partial charge >= 0.3 is 5.97 Å². The smallest absolute Gasteiger partial charge is 0.327 e. The Bertz CT molecular complexity index is 471. The number of nitrogens with zero attached hydrogens (tertiary/aromatic N) is 1. The zero-order valence-corrected chi connectivity index (χ0v) is 11.8. The summed E-state index contributed by atoms with van der Waals surface area (Å²) in [6.07, 6.45) is 2.15. The molecule has 0 fully saturated rings. The molecule has 0 radical (unpaired) electrons. The number of hydrogen-bond acceptors (Lipinski definition) is 4. The molecule has 2 N–H and O–H groups in total. The number of carbonyl (C=O) groups is 1. The van der Waals surface area contributed by atoms with Crippen LogP contribution in [0.15, 0.2) is 24.3 Å². The van der Waals surface area contributed by atoms with Crippen LogP contribution >= 0.6 is 0 Å². The van der Waals surface area contributed by atoms with Crippen LogP contribution in [0.1, 0.15) is 25.8 Å². The quantitative estimate of drug-likeness (QED) is 0.843. The van der Waals surface area contributed by atoms with Gasteiger partial charge in [0.2, 0.25) is 0 Å². The van der Waals surface area contributed by atoms with Gasteiger partial charge < -0.3 is 15.4 Å². The molecule has 4 nitrogen and oxygen atoms in total. The van der Waals surface area contributed by atoms with Crippen LogP contribution in [0.25, 0.3) is 0 Å². The van der Waals surface area contributed by atoms with Crippen molar-refractivity contribution in [2.45, 2.75) is 38.3 Å². The number of ether oxygens (including phenoxy) is 1. The zero-order chi connectivity index (χ0) is 14.0. The Morgan fingerprint density at radius 3 is 2.89 bits per heavy atom. The van der Waals surface area contributed by atoms with Crippen LogP contribution in [0.2, 0.25) is 0 Å². The predicted octanol–water partition coefficient (Wildman–Crippen LogP) is 1.72. The van der Waals surface area contributed by atoms with Crippen molar-refractivity contribution in [3.05, 3.63) is 29.8 Å². The normalized spacial score (nSPS) is 21.5. The van der Waals surface area contributed by atoms with Crippen molar-refractivity contribution in [3.8, 4) is 0 Å². The van der Waals surface area contributed by atoms with Crippen molar-refractivity contribution in [2.75, 3.05) is 18.6 Å². The van der Waals surface area contributed by atoms with Gasteiger partial charge in [-0.05, 0) is 38.3 Å². The van der Waals surface area contributed by atoms with E-state index in [0.29, 0.717) is 12.6 Å². The van der Waals surface area contributed by atoms with E-state index < -0.39 is 5.54 Å². The maximum Gasteiger partial charge on any atom is 0.327 e. The van der Waals surface area contributed by atoms with Crippen LogP contribution in [-0.4, -0.2) is 31.2 Å². The predicted molar refractivity (Wildman–Crippen MR) is 76.2 cm³/mol. The standard InChI is InChI=1S/C15H22N2O2/c1-11-8-9-12-6-4-5-7-13(12)17(11)10-15(2,16)14(18)19-3/h4-7,11H,8-10,16H2,1-3H3. The molecule has 1 aliphatic rings. The molecule has 4 heteroatoms. The number of fused-ring (bicyclic) bond motifs is 1. The summed E-state index contributed by atoms with van der Waals surface area (Å²) in [7, 11) is 1.38. The minimum atomic E-state index is -0.993. The summed E-state index contributed by atoms with van der Waals surface area (Å²) >= 11 is 0. The molecule has 0 saturated carbocycles. The van der Waals surface area contributed by atoms with Crippen molar-refractivity contribution >= 4 is 11.7 Å². The number of carbonyl (C=O) groups excluding carboxylic acids is 1. The highest BCUT2D eigenvalue weighted by molar-refractivity contribution is 5.81. The maximum atomic E-state index is 11.8. The molecule has 1 aromatic carbocycles. The van der Waals surface area contributed by atoms with Gasteiger partial charge in [-0.15, -0.1) is 0 Å². The van der Waals surface area contributed by atoms with Crippen molar-refractivity contribution in [3.63, 3.8) is 0 Å². The van der Waals surface area contributed by atoms with E-state index in [1.165, 1.54) is 18.4 Å². The van der Waals surface area contributed by atoms with Crippen molar-refractivity contribution in [2.24, 2.45) is 5.73 Å². The summed E-state index contributed by atoms with van der Waals surface area (Å²) in [6.45, 7) is 4.37. The number of rotatable bonds is 3. The van der Waals surface area contributed by atoms with Gasteiger partial charge in [0.05, 0.1) is 7.11 Å². The molecular weight excluding hydrogens is 240 g/mol. The molecule has 1 heterocycles. The third-order valence-corrected chi connectivity index (χ3v) is 3.82. The number of anilines is 1. The Morgan fingerprint density at radius 1 is 1.53 bits per heavy atom. The molecule has 2 atom stereocenters. The first-order valence-electron chi connectivity index (χ1n) is 6.67. The fourth-order valence-electron chi connectivity index (χ4n) is 2.65. The molecule has 0 saturated heterocycles. The lowest BCUT2D eigenvalue weighted by molar-refractivity contribution is -0.146. The van der Waals surface area contributed by atoms with Crippen LogP contribution in [-0.2, 0) is 16.0 Å². The Hall–Kier alpha value is -1.55. The summed E-state index contributed by atoms with van der Waals surface area (Å²) in [5, 5.41) is 0. The zero-order valence-electron chi connectivity index (χ0n) is 11.8. The SMILES string of the molecule is COC(=O)C(C)(N)CN1c2ccccc2CCC1C. The van der Waals surface area contributed by atoms with E-state index in [1.807, 2.05) is 6.07 Å². The lowest BCUT2D eigenvalue weighted by Crippen LogP contribution is -2.57. The largest absolute Gasteiger partial charge is 0.468 e. The topological polar surface area (TPSA) is 55.6 Å². The van der Waals surface area contributed by atoms with E-state index in [9.17, 15) is 4.79 Å². The summed E-state index contributed by atoms with van der Waals surface area (Å²) in [6, 6.07) is 8.69. The number of esters is 1. The number of benzene rings is 1. The van der Waals surface area contributed by atoms with E-state index >= 15 is 0 Å². The van der Waals surface area contributed by atoms with Crippen molar-refractivity contribution in [1.29, 1.82) is 0 Å². The molecule has 19 heavy (non-hydrogen) atoms. The molecule has 2 rings (SSSR count). The third-order valence-electron chi connectivity index (χ3n) is 3.82. The van der Waals surface area contributed by atoms with Crippen molar-refractivity contribution < 1.29 is 9.53 Å². The number of aryl methyl sites for hydroxylation is 1. The minimum Gasteiger partial charge on any atom is -0.468 e. The second-order valence-electron chi connectivity index (χ2n) is 5.55. The number of methoxy groups -OCH3 is 1. The lowest BCUT2D eigenvalue weighted by Gasteiger charge is -2.40. The molecule has 0 bridgehead atoms. The highest BCUT2D eigenvalue weighted by Gasteiger charge is 2.35. The van der Waals surface area contributed by atoms with Gasteiger partial charge in [-0.25, -0.2) is 0 Å². The van der Waals surface area contributed by atoms with Gasteiger partial charge in [-0.2, -0.15) is 0 Å². The minimum absolute atomic E-state index is 0.372. The fourth-order valence-corrected chi connectivity index (χ4v) is 2.65. The number of para-hydroxylation sites is 1. The van der Waals surface area contributed by atoms with Crippen LogP contribution in [0.3, 0.4) is 0 Å². The molecule has 0 aliphatic carbocycles. The highest BCUT2D eigenvalue weighted by Crippen LogP contribution is 2.31. The Morgan fingerprint density at radius 2 is 2.21 bits per heavy atom. The molecule has 1 aliphatic heterocycles.